The fraction of sp³-hybridized carbons (Fsp3) is 0.455. The van der Waals surface area contributed by atoms with Crippen LogP contribution in [0.25, 0.3) is 0 Å². The summed E-state index contributed by atoms with van der Waals surface area (Å²) < 4.78 is 5.29. The molecule has 2 heterocycles. The first-order valence-corrected chi connectivity index (χ1v) is 9.61. The molecule has 1 aromatic heterocycles. The summed E-state index contributed by atoms with van der Waals surface area (Å²) in [6.45, 7) is 5.36. The largest absolute Gasteiger partial charge is 0.466 e. The van der Waals surface area contributed by atoms with Gasteiger partial charge in [-0.05, 0) is 68.9 Å². The number of rotatable bonds is 7. The van der Waals surface area contributed by atoms with Crippen molar-refractivity contribution in [2.45, 2.75) is 38.0 Å². The molecule has 1 aliphatic heterocycles. The topological polar surface area (TPSA) is 42.4 Å². The Morgan fingerprint density at radius 2 is 1.96 bits per heavy atom. The molecule has 4 heteroatoms. The second-order valence-electron chi connectivity index (χ2n) is 6.91. The molecule has 1 atom stereocenters. The molecule has 3 rings (SSSR count). The summed E-state index contributed by atoms with van der Waals surface area (Å²) in [5.41, 5.74) is 2.40. The maximum Gasteiger partial charge on any atom is 0.313 e. The number of ether oxygens (including phenoxy) is 1. The fourth-order valence-corrected chi connectivity index (χ4v) is 3.77. The zero-order valence-electron chi connectivity index (χ0n) is 15.5. The maximum absolute atomic E-state index is 12.4. The molecule has 1 saturated heterocycles. The van der Waals surface area contributed by atoms with Gasteiger partial charge in [0.15, 0.2) is 0 Å². The standard InChI is InChI=1S/C22H28N2O2/c1-2-26-22(25)21(20-9-6-13-23-17-20)12-16-24-14-10-19(11-15-24)18-7-4-3-5-8-18/h3-9,13,17,19,21H,2,10-12,14-16H2,1H3. The Balaban J connectivity index is 1.54. The summed E-state index contributed by atoms with van der Waals surface area (Å²) in [7, 11) is 0. The first-order valence-electron chi connectivity index (χ1n) is 9.61. The van der Waals surface area contributed by atoms with E-state index in [1.807, 2.05) is 19.1 Å². The van der Waals surface area contributed by atoms with E-state index in [0.29, 0.717) is 12.5 Å². The molecule has 1 aromatic carbocycles. The molecule has 138 valence electrons. The highest BCUT2D eigenvalue weighted by Crippen LogP contribution is 2.29. The van der Waals surface area contributed by atoms with Crippen molar-refractivity contribution in [2.24, 2.45) is 0 Å². The molecule has 0 saturated carbocycles. The normalized spacial score (nSPS) is 17.0. The van der Waals surface area contributed by atoms with E-state index in [-0.39, 0.29) is 11.9 Å². The number of carbonyl (C=O) groups excluding carboxylic acids is 1. The third kappa shape index (κ3) is 4.92. The summed E-state index contributed by atoms with van der Waals surface area (Å²) in [6.07, 6.45) is 6.66. The minimum atomic E-state index is -0.226. The highest BCUT2D eigenvalue weighted by atomic mass is 16.5. The van der Waals surface area contributed by atoms with Gasteiger partial charge in [-0.2, -0.15) is 0 Å². The molecule has 4 nitrogen and oxygen atoms in total. The van der Waals surface area contributed by atoms with Crippen molar-refractivity contribution in [3.05, 3.63) is 66.0 Å². The summed E-state index contributed by atoms with van der Waals surface area (Å²) in [6, 6.07) is 14.6. The lowest BCUT2D eigenvalue weighted by molar-refractivity contribution is -0.145. The van der Waals surface area contributed by atoms with Crippen LogP contribution in [0.5, 0.6) is 0 Å². The average molecular weight is 352 g/mol. The molecule has 1 unspecified atom stereocenters. The van der Waals surface area contributed by atoms with Crippen molar-refractivity contribution >= 4 is 5.97 Å². The summed E-state index contributed by atoms with van der Waals surface area (Å²) in [4.78, 5) is 19.0. The lowest BCUT2D eigenvalue weighted by Gasteiger charge is -2.32. The number of hydrogen-bond donors (Lipinski definition) is 0. The third-order valence-electron chi connectivity index (χ3n) is 5.25. The van der Waals surface area contributed by atoms with E-state index in [1.54, 1.807) is 12.4 Å². The number of benzene rings is 1. The number of pyridine rings is 1. The minimum absolute atomic E-state index is 0.139. The van der Waals surface area contributed by atoms with Crippen LogP contribution in [0.4, 0.5) is 0 Å². The number of piperidine rings is 1. The zero-order valence-corrected chi connectivity index (χ0v) is 15.5. The molecule has 0 aliphatic carbocycles. The van der Waals surface area contributed by atoms with Gasteiger partial charge in [0, 0.05) is 12.4 Å². The second kappa shape index (κ2) is 9.48. The van der Waals surface area contributed by atoms with Gasteiger partial charge in [-0.15, -0.1) is 0 Å². The quantitative estimate of drug-likeness (QED) is 0.707. The van der Waals surface area contributed by atoms with Crippen LogP contribution >= 0.6 is 0 Å². The predicted octanol–water partition coefficient (Wildman–Crippen LogP) is 4.00. The Hall–Kier alpha value is -2.20. The van der Waals surface area contributed by atoms with Crippen LogP contribution in [0.1, 0.15) is 49.1 Å². The van der Waals surface area contributed by atoms with Crippen molar-refractivity contribution < 1.29 is 9.53 Å². The van der Waals surface area contributed by atoms with Gasteiger partial charge in [0.2, 0.25) is 0 Å². The maximum atomic E-state index is 12.4. The van der Waals surface area contributed by atoms with E-state index in [2.05, 4.69) is 40.2 Å². The van der Waals surface area contributed by atoms with Crippen molar-refractivity contribution in [3.8, 4) is 0 Å². The van der Waals surface area contributed by atoms with E-state index in [1.165, 1.54) is 18.4 Å². The lowest BCUT2D eigenvalue weighted by atomic mass is 9.89. The van der Waals surface area contributed by atoms with E-state index < -0.39 is 0 Å². The molecule has 0 spiro atoms. The monoisotopic (exact) mass is 352 g/mol. The van der Waals surface area contributed by atoms with Crippen LogP contribution < -0.4 is 0 Å². The zero-order chi connectivity index (χ0) is 18.2. The number of nitrogens with zero attached hydrogens (tertiary/aromatic N) is 2. The third-order valence-corrected chi connectivity index (χ3v) is 5.25. The number of esters is 1. The van der Waals surface area contributed by atoms with Crippen LogP contribution in [0.3, 0.4) is 0 Å². The molecular weight excluding hydrogens is 324 g/mol. The predicted molar refractivity (Wildman–Crippen MR) is 103 cm³/mol. The second-order valence-corrected chi connectivity index (χ2v) is 6.91. The highest BCUT2D eigenvalue weighted by Gasteiger charge is 2.25. The van der Waals surface area contributed by atoms with Crippen LogP contribution in [0, 0.1) is 0 Å². The Morgan fingerprint density at radius 3 is 2.62 bits per heavy atom. The van der Waals surface area contributed by atoms with Gasteiger partial charge in [0.1, 0.15) is 0 Å². The van der Waals surface area contributed by atoms with E-state index >= 15 is 0 Å². The molecule has 1 fully saturated rings. The first-order chi connectivity index (χ1) is 12.8. The lowest BCUT2D eigenvalue weighted by Crippen LogP contribution is -2.35. The molecule has 26 heavy (non-hydrogen) atoms. The van der Waals surface area contributed by atoms with Gasteiger partial charge in [0.05, 0.1) is 12.5 Å². The van der Waals surface area contributed by atoms with Crippen LogP contribution in [-0.4, -0.2) is 42.1 Å². The minimum Gasteiger partial charge on any atom is -0.466 e. The average Bonchev–Trinajstić information content (AvgIpc) is 2.70. The number of carbonyl (C=O) groups is 1. The molecule has 0 N–H and O–H groups in total. The van der Waals surface area contributed by atoms with Crippen LogP contribution in [0.15, 0.2) is 54.9 Å². The van der Waals surface area contributed by atoms with Gasteiger partial charge in [-0.25, -0.2) is 0 Å². The molecule has 0 radical (unpaired) electrons. The van der Waals surface area contributed by atoms with Crippen molar-refractivity contribution in [2.75, 3.05) is 26.2 Å². The molecule has 0 bridgehead atoms. The summed E-state index contributed by atoms with van der Waals surface area (Å²) in [5.74, 6) is 0.293. The fourth-order valence-electron chi connectivity index (χ4n) is 3.77. The Morgan fingerprint density at radius 1 is 1.19 bits per heavy atom. The molecule has 1 aliphatic rings. The smallest absolute Gasteiger partial charge is 0.313 e. The van der Waals surface area contributed by atoms with Gasteiger partial charge in [-0.3, -0.25) is 9.78 Å². The molecule has 2 aromatic rings. The number of aromatic nitrogens is 1. The van der Waals surface area contributed by atoms with Crippen molar-refractivity contribution in [1.82, 2.24) is 9.88 Å². The van der Waals surface area contributed by atoms with Gasteiger partial charge < -0.3 is 9.64 Å². The van der Waals surface area contributed by atoms with Gasteiger partial charge in [0.25, 0.3) is 0 Å². The number of likely N-dealkylation sites (tertiary alicyclic amines) is 1. The van der Waals surface area contributed by atoms with Crippen LogP contribution in [0.2, 0.25) is 0 Å². The van der Waals surface area contributed by atoms with Crippen molar-refractivity contribution in [1.29, 1.82) is 0 Å². The number of hydrogen-bond acceptors (Lipinski definition) is 4. The van der Waals surface area contributed by atoms with Gasteiger partial charge in [-0.1, -0.05) is 36.4 Å². The van der Waals surface area contributed by atoms with E-state index in [9.17, 15) is 4.79 Å². The van der Waals surface area contributed by atoms with E-state index in [4.69, 9.17) is 4.74 Å². The Kier molecular flexibility index (Phi) is 6.78. The molecule has 0 amide bonds. The van der Waals surface area contributed by atoms with E-state index in [0.717, 1.165) is 31.6 Å². The molecular formula is C22H28N2O2. The summed E-state index contributed by atoms with van der Waals surface area (Å²) in [5, 5.41) is 0. The van der Waals surface area contributed by atoms with Crippen molar-refractivity contribution in [3.63, 3.8) is 0 Å². The SMILES string of the molecule is CCOC(=O)C(CCN1CCC(c2ccccc2)CC1)c1cccnc1. The van der Waals surface area contributed by atoms with Gasteiger partial charge >= 0.3 is 5.97 Å². The first kappa shape index (κ1) is 18.6. The van der Waals surface area contributed by atoms with Crippen LogP contribution in [-0.2, 0) is 9.53 Å². The summed E-state index contributed by atoms with van der Waals surface area (Å²) >= 11 is 0. The highest BCUT2D eigenvalue weighted by molar-refractivity contribution is 5.78. The Bertz CT molecular complexity index is 667. The Labute approximate surface area is 156 Å².